The topological polar surface area (TPSA) is 29.5 Å². The summed E-state index contributed by atoms with van der Waals surface area (Å²) >= 11 is 0. The van der Waals surface area contributed by atoms with Gasteiger partial charge in [-0.05, 0) is 24.5 Å². The first kappa shape index (κ1) is 13.7. The average molecular weight is 235 g/mol. The Balaban J connectivity index is 2.49. The van der Waals surface area contributed by atoms with E-state index in [1.54, 1.807) is 11.9 Å². The fourth-order valence-electron chi connectivity index (χ4n) is 1.54. The first-order valence-corrected chi connectivity index (χ1v) is 6.06. The highest BCUT2D eigenvalue weighted by Crippen LogP contribution is 2.07. The number of rotatable bonds is 6. The highest BCUT2D eigenvalue weighted by atomic mass is 16.5. The van der Waals surface area contributed by atoms with E-state index in [4.69, 9.17) is 4.74 Å². The Morgan fingerprint density at radius 3 is 2.29 bits per heavy atom. The second kappa shape index (κ2) is 7.07. The van der Waals surface area contributed by atoms with E-state index in [1.807, 2.05) is 6.92 Å². The third kappa shape index (κ3) is 4.57. The Bertz CT molecular complexity index is 346. The van der Waals surface area contributed by atoms with E-state index in [0.717, 1.165) is 12.0 Å². The van der Waals surface area contributed by atoms with Crippen molar-refractivity contribution in [3.05, 3.63) is 35.4 Å². The molecule has 0 spiro atoms. The van der Waals surface area contributed by atoms with Gasteiger partial charge in [0.15, 0.2) is 0 Å². The van der Waals surface area contributed by atoms with Crippen LogP contribution in [0.2, 0.25) is 0 Å². The van der Waals surface area contributed by atoms with Crippen LogP contribution in [0.25, 0.3) is 0 Å². The number of carbonyl (C=O) groups is 1. The first-order valence-electron chi connectivity index (χ1n) is 6.06. The molecular weight excluding hydrogens is 214 g/mol. The van der Waals surface area contributed by atoms with E-state index in [1.165, 1.54) is 5.56 Å². The molecule has 0 radical (unpaired) electrons. The van der Waals surface area contributed by atoms with Crippen molar-refractivity contribution in [3.63, 3.8) is 0 Å². The van der Waals surface area contributed by atoms with Gasteiger partial charge in [-0.3, -0.25) is 4.79 Å². The highest BCUT2D eigenvalue weighted by Gasteiger charge is 2.08. The third-order valence-electron chi connectivity index (χ3n) is 2.71. The molecule has 1 rings (SSSR count). The van der Waals surface area contributed by atoms with Gasteiger partial charge >= 0.3 is 0 Å². The summed E-state index contributed by atoms with van der Waals surface area (Å²) < 4.78 is 5.10. The minimum atomic E-state index is 0.0198. The maximum atomic E-state index is 11.6. The van der Waals surface area contributed by atoms with Crippen molar-refractivity contribution in [3.8, 4) is 0 Å². The van der Waals surface area contributed by atoms with Gasteiger partial charge in [0.25, 0.3) is 0 Å². The lowest BCUT2D eigenvalue weighted by Crippen LogP contribution is -2.29. The van der Waals surface area contributed by atoms with Crippen molar-refractivity contribution in [2.45, 2.75) is 26.8 Å². The van der Waals surface area contributed by atoms with Gasteiger partial charge in [-0.25, -0.2) is 0 Å². The lowest BCUT2D eigenvalue weighted by atomic mass is 10.1. The van der Waals surface area contributed by atoms with Crippen molar-refractivity contribution >= 4 is 5.91 Å². The van der Waals surface area contributed by atoms with Gasteiger partial charge in [0, 0.05) is 20.2 Å². The molecule has 1 amide bonds. The molecule has 3 heteroatoms. The Labute approximate surface area is 103 Å². The number of likely N-dealkylation sites (N-methyl/N-ethyl adjacent to an activating group) is 1. The fraction of sp³-hybridized carbons (Fsp3) is 0.500. The van der Waals surface area contributed by atoms with E-state index in [2.05, 4.69) is 31.2 Å². The predicted molar refractivity (Wildman–Crippen MR) is 68.8 cm³/mol. The molecule has 0 aliphatic heterocycles. The summed E-state index contributed by atoms with van der Waals surface area (Å²) in [5, 5.41) is 0. The summed E-state index contributed by atoms with van der Waals surface area (Å²) in [5.74, 6) is 0.0198. The summed E-state index contributed by atoms with van der Waals surface area (Å²) in [6.07, 6.45) is 1.04. The number of amides is 1. The molecule has 0 saturated carbocycles. The SMILES string of the molecule is CCOCC(=O)N(C)Cc1ccc(CC)cc1. The van der Waals surface area contributed by atoms with Crippen molar-refractivity contribution in [2.75, 3.05) is 20.3 Å². The van der Waals surface area contributed by atoms with Crippen molar-refractivity contribution in [1.29, 1.82) is 0 Å². The van der Waals surface area contributed by atoms with Crippen LogP contribution in [0.3, 0.4) is 0 Å². The molecule has 0 atom stereocenters. The van der Waals surface area contributed by atoms with Gasteiger partial charge in [0.05, 0.1) is 0 Å². The summed E-state index contributed by atoms with van der Waals surface area (Å²) in [7, 11) is 1.80. The van der Waals surface area contributed by atoms with E-state index in [9.17, 15) is 4.79 Å². The van der Waals surface area contributed by atoms with Gasteiger partial charge in [0.2, 0.25) is 5.91 Å². The van der Waals surface area contributed by atoms with Crippen LogP contribution >= 0.6 is 0 Å². The summed E-state index contributed by atoms with van der Waals surface area (Å²) in [5.41, 5.74) is 2.46. The molecule has 1 aromatic rings. The molecule has 0 heterocycles. The average Bonchev–Trinajstić information content (AvgIpc) is 2.36. The minimum absolute atomic E-state index is 0.0198. The molecule has 0 unspecified atom stereocenters. The molecule has 0 saturated heterocycles. The summed E-state index contributed by atoms with van der Waals surface area (Å²) in [6, 6.07) is 8.36. The fourth-order valence-corrected chi connectivity index (χ4v) is 1.54. The molecule has 1 aromatic carbocycles. The molecule has 0 aromatic heterocycles. The van der Waals surface area contributed by atoms with Gasteiger partial charge in [-0.15, -0.1) is 0 Å². The van der Waals surface area contributed by atoms with E-state index in [0.29, 0.717) is 13.2 Å². The normalized spacial score (nSPS) is 10.3. The monoisotopic (exact) mass is 235 g/mol. The van der Waals surface area contributed by atoms with Crippen molar-refractivity contribution in [1.82, 2.24) is 4.90 Å². The number of aryl methyl sites for hydroxylation is 1. The summed E-state index contributed by atoms with van der Waals surface area (Å²) in [6.45, 7) is 5.39. The van der Waals surface area contributed by atoms with E-state index < -0.39 is 0 Å². The maximum Gasteiger partial charge on any atom is 0.248 e. The zero-order chi connectivity index (χ0) is 12.7. The molecule has 3 nitrogen and oxygen atoms in total. The number of carbonyl (C=O) groups excluding carboxylic acids is 1. The van der Waals surface area contributed by atoms with Gasteiger partial charge < -0.3 is 9.64 Å². The van der Waals surface area contributed by atoms with Crippen molar-refractivity contribution in [2.24, 2.45) is 0 Å². The largest absolute Gasteiger partial charge is 0.372 e. The number of nitrogens with zero attached hydrogens (tertiary/aromatic N) is 1. The smallest absolute Gasteiger partial charge is 0.248 e. The van der Waals surface area contributed by atoms with Crippen LogP contribution in [-0.4, -0.2) is 31.1 Å². The second-order valence-corrected chi connectivity index (χ2v) is 4.06. The Hall–Kier alpha value is -1.35. The van der Waals surface area contributed by atoms with E-state index in [-0.39, 0.29) is 12.5 Å². The number of hydrogen-bond acceptors (Lipinski definition) is 2. The van der Waals surface area contributed by atoms with Crippen LogP contribution in [0.1, 0.15) is 25.0 Å². The van der Waals surface area contributed by atoms with Crippen LogP contribution in [0.5, 0.6) is 0 Å². The molecule has 0 aliphatic carbocycles. The molecular formula is C14H21NO2. The molecule has 0 aliphatic rings. The molecule has 0 N–H and O–H groups in total. The quantitative estimate of drug-likeness (QED) is 0.757. The van der Waals surface area contributed by atoms with Gasteiger partial charge in [-0.2, -0.15) is 0 Å². The number of benzene rings is 1. The lowest BCUT2D eigenvalue weighted by molar-refractivity contribution is -0.135. The Morgan fingerprint density at radius 2 is 1.76 bits per heavy atom. The van der Waals surface area contributed by atoms with Gasteiger partial charge in [0.1, 0.15) is 6.61 Å². The van der Waals surface area contributed by atoms with Crippen LogP contribution in [0.4, 0.5) is 0 Å². The highest BCUT2D eigenvalue weighted by molar-refractivity contribution is 5.77. The number of hydrogen-bond donors (Lipinski definition) is 0. The van der Waals surface area contributed by atoms with E-state index >= 15 is 0 Å². The predicted octanol–water partition coefficient (Wildman–Crippen LogP) is 2.24. The second-order valence-electron chi connectivity index (χ2n) is 4.06. The maximum absolute atomic E-state index is 11.6. The zero-order valence-electron chi connectivity index (χ0n) is 10.9. The lowest BCUT2D eigenvalue weighted by Gasteiger charge is -2.17. The minimum Gasteiger partial charge on any atom is -0.372 e. The van der Waals surface area contributed by atoms with Gasteiger partial charge in [-0.1, -0.05) is 31.2 Å². The standard InChI is InChI=1S/C14H21NO2/c1-4-12-6-8-13(9-7-12)10-15(3)14(16)11-17-5-2/h6-9H,4-5,10-11H2,1-3H3. The van der Waals surface area contributed by atoms with Crippen LogP contribution in [-0.2, 0) is 22.5 Å². The Morgan fingerprint density at radius 1 is 1.18 bits per heavy atom. The molecule has 94 valence electrons. The van der Waals surface area contributed by atoms with Crippen LogP contribution in [0, 0.1) is 0 Å². The van der Waals surface area contributed by atoms with Crippen LogP contribution < -0.4 is 0 Å². The van der Waals surface area contributed by atoms with Crippen LogP contribution in [0.15, 0.2) is 24.3 Å². The molecule has 0 fully saturated rings. The zero-order valence-corrected chi connectivity index (χ0v) is 10.9. The summed E-state index contributed by atoms with van der Waals surface area (Å²) in [4.78, 5) is 13.3. The van der Waals surface area contributed by atoms with Crippen molar-refractivity contribution < 1.29 is 9.53 Å². The Kier molecular flexibility index (Phi) is 5.70. The molecule has 0 bridgehead atoms. The molecule has 17 heavy (non-hydrogen) atoms. The first-order chi connectivity index (χ1) is 8.17. The third-order valence-corrected chi connectivity index (χ3v) is 2.71. The number of ether oxygens (including phenoxy) is 1.